The lowest BCUT2D eigenvalue weighted by Crippen LogP contribution is -2.43. The van der Waals surface area contributed by atoms with Crippen molar-refractivity contribution in [2.45, 2.75) is 29.9 Å². The number of halogens is 3. The molecule has 148 valence electrons. The second kappa shape index (κ2) is 8.68. The summed E-state index contributed by atoms with van der Waals surface area (Å²) in [5.41, 5.74) is 0.631. The van der Waals surface area contributed by atoms with Crippen LogP contribution >= 0.6 is 11.8 Å². The maximum Gasteiger partial charge on any atom is 0.244 e. The SMILES string of the molecule is CCCN(CC(=O)Nc1ccc(F)c(F)c1F)C(=O)C1Cc2ccccc2S1. The highest BCUT2D eigenvalue weighted by atomic mass is 32.2. The molecule has 3 rings (SSSR count). The van der Waals surface area contributed by atoms with Crippen LogP contribution in [0.15, 0.2) is 41.3 Å². The fraction of sp³-hybridized carbons (Fsp3) is 0.300. The Morgan fingerprint density at radius 1 is 1.14 bits per heavy atom. The third-order valence-electron chi connectivity index (χ3n) is 4.37. The summed E-state index contributed by atoms with van der Waals surface area (Å²) in [6.45, 7) is 1.95. The Labute approximate surface area is 165 Å². The van der Waals surface area contributed by atoms with Crippen molar-refractivity contribution in [1.82, 2.24) is 4.90 Å². The molecule has 0 saturated carbocycles. The van der Waals surface area contributed by atoms with Crippen molar-refractivity contribution in [1.29, 1.82) is 0 Å². The van der Waals surface area contributed by atoms with Crippen LogP contribution in [0.3, 0.4) is 0 Å². The number of hydrogen-bond donors (Lipinski definition) is 1. The molecule has 2 aromatic carbocycles. The van der Waals surface area contributed by atoms with Gasteiger partial charge >= 0.3 is 0 Å². The lowest BCUT2D eigenvalue weighted by atomic mass is 10.1. The van der Waals surface area contributed by atoms with Crippen LogP contribution in [0.1, 0.15) is 18.9 Å². The molecule has 1 unspecified atom stereocenters. The van der Waals surface area contributed by atoms with E-state index in [-0.39, 0.29) is 17.7 Å². The van der Waals surface area contributed by atoms with Gasteiger partial charge in [-0.3, -0.25) is 9.59 Å². The van der Waals surface area contributed by atoms with E-state index in [1.165, 1.54) is 16.7 Å². The van der Waals surface area contributed by atoms with Crippen molar-refractivity contribution in [3.05, 3.63) is 59.4 Å². The van der Waals surface area contributed by atoms with E-state index in [4.69, 9.17) is 0 Å². The summed E-state index contributed by atoms with van der Waals surface area (Å²) in [6, 6.07) is 9.43. The van der Waals surface area contributed by atoms with Crippen LogP contribution < -0.4 is 5.32 Å². The zero-order valence-electron chi connectivity index (χ0n) is 15.2. The summed E-state index contributed by atoms with van der Waals surface area (Å²) in [5.74, 6) is -5.31. The van der Waals surface area contributed by atoms with Crippen LogP contribution in [0.5, 0.6) is 0 Å². The monoisotopic (exact) mass is 408 g/mol. The number of thioether (sulfide) groups is 1. The molecule has 2 amide bonds. The van der Waals surface area contributed by atoms with E-state index in [0.29, 0.717) is 19.4 Å². The summed E-state index contributed by atoms with van der Waals surface area (Å²) in [6.07, 6.45) is 1.22. The number of nitrogens with zero attached hydrogens (tertiary/aromatic N) is 1. The molecule has 1 N–H and O–H groups in total. The van der Waals surface area contributed by atoms with Gasteiger partial charge in [0.15, 0.2) is 17.5 Å². The van der Waals surface area contributed by atoms with E-state index in [0.717, 1.165) is 22.6 Å². The van der Waals surface area contributed by atoms with Gasteiger partial charge in [0.1, 0.15) is 0 Å². The summed E-state index contributed by atoms with van der Waals surface area (Å²) < 4.78 is 40.1. The molecule has 2 aromatic rings. The molecule has 0 spiro atoms. The predicted molar refractivity (Wildman–Crippen MR) is 102 cm³/mol. The average molecular weight is 408 g/mol. The number of amides is 2. The first-order valence-corrected chi connectivity index (χ1v) is 9.75. The molecule has 1 aliphatic heterocycles. The van der Waals surface area contributed by atoms with Crippen molar-refractivity contribution in [3.8, 4) is 0 Å². The number of rotatable bonds is 6. The van der Waals surface area contributed by atoms with E-state index in [9.17, 15) is 22.8 Å². The second-order valence-corrected chi connectivity index (χ2v) is 7.69. The third-order valence-corrected chi connectivity index (χ3v) is 5.68. The van der Waals surface area contributed by atoms with Gasteiger partial charge in [0.25, 0.3) is 0 Å². The Balaban J connectivity index is 1.67. The van der Waals surface area contributed by atoms with Crippen molar-refractivity contribution >= 4 is 29.3 Å². The second-order valence-electron chi connectivity index (χ2n) is 6.45. The molecule has 8 heteroatoms. The topological polar surface area (TPSA) is 49.4 Å². The quantitative estimate of drug-likeness (QED) is 0.735. The highest BCUT2D eigenvalue weighted by Gasteiger charge is 2.32. The highest BCUT2D eigenvalue weighted by molar-refractivity contribution is 8.01. The summed E-state index contributed by atoms with van der Waals surface area (Å²) in [5, 5.41) is 1.89. The molecular weight excluding hydrogens is 389 g/mol. The molecule has 0 saturated heterocycles. The largest absolute Gasteiger partial charge is 0.332 e. The Morgan fingerprint density at radius 2 is 1.89 bits per heavy atom. The minimum absolute atomic E-state index is 0.177. The fourth-order valence-corrected chi connectivity index (χ4v) is 4.33. The Bertz CT molecular complexity index is 882. The van der Waals surface area contributed by atoms with Gasteiger partial charge in [0.2, 0.25) is 11.8 Å². The van der Waals surface area contributed by atoms with Gasteiger partial charge in [-0.2, -0.15) is 0 Å². The van der Waals surface area contributed by atoms with Crippen LogP contribution in [-0.2, 0) is 16.0 Å². The van der Waals surface area contributed by atoms with Crippen LogP contribution in [-0.4, -0.2) is 35.1 Å². The minimum atomic E-state index is -1.65. The molecule has 0 aliphatic carbocycles. The number of benzene rings is 2. The molecular formula is C20H19F3N2O2S. The highest BCUT2D eigenvalue weighted by Crippen LogP contribution is 2.37. The first kappa shape index (κ1) is 20.3. The maximum atomic E-state index is 13.8. The zero-order chi connectivity index (χ0) is 20.3. The van der Waals surface area contributed by atoms with E-state index in [2.05, 4.69) is 5.32 Å². The molecule has 28 heavy (non-hydrogen) atoms. The van der Waals surface area contributed by atoms with Gasteiger partial charge < -0.3 is 10.2 Å². The Kier molecular flexibility index (Phi) is 6.28. The van der Waals surface area contributed by atoms with Crippen molar-refractivity contribution < 1.29 is 22.8 Å². The standard InChI is InChI=1S/C20H19F3N2O2S/c1-2-9-25(20(27)16-10-12-5-3-4-6-15(12)28-16)11-17(26)24-14-8-7-13(21)18(22)19(14)23/h3-8,16H,2,9-11H2,1H3,(H,24,26). The third kappa shape index (κ3) is 4.32. The van der Waals surface area contributed by atoms with Gasteiger partial charge in [-0.15, -0.1) is 11.8 Å². The van der Waals surface area contributed by atoms with Gasteiger partial charge in [0.05, 0.1) is 17.5 Å². The van der Waals surface area contributed by atoms with Crippen LogP contribution in [0.2, 0.25) is 0 Å². The number of carbonyl (C=O) groups excluding carboxylic acids is 2. The fourth-order valence-electron chi connectivity index (χ4n) is 3.05. The van der Waals surface area contributed by atoms with E-state index in [1.54, 1.807) is 0 Å². The number of hydrogen-bond acceptors (Lipinski definition) is 3. The summed E-state index contributed by atoms with van der Waals surface area (Å²) in [7, 11) is 0. The lowest BCUT2D eigenvalue weighted by molar-refractivity contribution is -0.134. The Morgan fingerprint density at radius 3 is 2.61 bits per heavy atom. The summed E-state index contributed by atoms with van der Waals surface area (Å²) in [4.78, 5) is 27.6. The molecule has 1 heterocycles. The number of nitrogens with one attached hydrogen (secondary N) is 1. The maximum absolute atomic E-state index is 13.8. The molecule has 1 aliphatic rings. The normalized spacial score (nSPS) is 15.2. The summed E-state index contributed by atoms with van der Waals surface area (Å²) >= 11 is 1.46. The van der Waals surface area contributed by atoms with E-state index >= 15 is 0 Å². The molecule has 0 bridgehead atoms. The van der Waals surface area contributed by atoms with Crippen LogP contribution in [0.4, 0.5) is 18.9 Å². The van der Waals surface area contributed by atoms with Gasteiger partial charge in [-0.25, -0.2) is 13.2 Å². The minimum Gasteiger partial charge on any atom is -0.332 e. The molecule has 4 nitrogen and oxygen atoms in total. The van der Waals surface area contributed by atoms with Gasteiger partial charge in [-0.1, -0.05) is 25.1 Å². The average Bonchev–Trinajstić information content (AvgIpc) is 3.12. The number of fused-ring (bicyclic) bond motifs is 1. The number of anilines is 1. The molecule has 1 atom stereocenters. The van der Waals surface area contributed by atoms with Gasteiger partial charge in [0, 0.05) is 11.4 Å². The Hall–Kier alpha value is -2.48. The van der Waals surface area contributed by atoms with Crippen molar-refractivity contribution in [2.24, 2.45) is 0 Å². The van der Waals surface area contributed by atoms with Crippen LogP contribution in [0, 0.1) is 17.5 Å². The zero-order valence-corrected chi connectivity index (χ0v) is 16.0. The lowest BCUT2D eigenvalue weighted by Gasteiger charge is -2.24. The first-order chi connectivity index (χ1) is 13.4. The number of carbonyl (C=O) groups is 2. The molecule has 0 aromatic heterocycles. The van der Waals surface area contributed by atoms with E-state index < -0.39 is 29.0 Å². The van der Waals surface area contributed by atoms with Crippen LogP contribution in [0.25, 0.3) is 0 Å². The van der Waals surface area contributed by atoms with Gasteiger partial charge in [-0.05, 0) is 36.6 Å². The van der Waals surface area contributed by atoms with Crippen molar-refractivity contribution in [3.63, 3.8) is 0 Å². The van der Waals surface area contributed by atoms with Crippen molar-refractivity contribution in [2.75, 3.05) is 18.4 Å². The molecule has 0 radical (unpaired) electrons. The van der Waals surface area contributed by atoms with E-state index in [1.807, 2.05) is 31.2 Å². The molecule has 0 fully saturated rings. The smallest absolute Gasteiger partial charge is 0.244 e. The predicted octanol–water partition coefficient (Wildman–Crippen LogP) is 4.00. The first-order valence-electron chi connectivity index (χ1n) is 8.87.